The average molecular weight is 468 g/mol. The molecule has 1 saturated heterocycles. The Hall–Kier alpha value is -3.20. The Morgan fingerprint density at radius 3 is 2.33 bits per heavy atom. The van der Waals surface area contributed by atoms with Crippen molar-refractivity contribution in [2.45, 2.75) is 44.6 Å². The maximum Gasteiger partial charge on any atom is 0.253 e. The normalized spacial score (nSPS) is 14.9. The molecule has 1 amide bonds. The lowest BCUT2D eigenvalue weighted by atomic mass is 10.0. The minimum atomic E-state index is -3.19. The second kappa shape index (κ2) is 9.35. The molecule has 174 valence electrons. The fourth-order valence-electron chi connectivity index (χ4n) is 4.09. The number of amides is 1. The van der Waals surface area contributed by atoms with Crippen LogP contribution in [0.2, 0.25) is 0 Å². The van der Waals surface area contributed by atoms with Crippen LogP contribution < -0.4 is 10.2 Å². The number of piperidine rings is 1. The van der Waals surface area contributed by atoms with Gasteiger partial charge in [-0.25, -0.2) is 18.1 Å². The van der Waals surface area contributed by atoms with Gasteiger partial charge in [-0.2, -0.15) is 5.10 Å². The highest BCUT2D eigenvalue weighted by Crippen LogP contribution is 2.23. The minimum Gasteiger partial charge on any atom is -0.371 e. The standard InChI is InChI=1S/C24H29N5O3S/c1-4-33(31,32)22-8-6-21(7-9-22)28-13-11-20(12-14-28)26-24(30)19-5-10-23(25-16-19)29-18(3)15-17(2)27-29/h5-10,15-16,20H,4,11-14H2,1-3H3,(H,26,30). The van der Waals surface area contributed by atoms with Gasteiger partial charge in [-0.1, -0.05) is 6.92 Å². The molecule has 1 fully saturated rings. The molecule has 0 bridgehead atoms. The van der Waals surface area contributed by atoms with Crippen molar-refractivity contribution in [3.63, 3.8) is 0 Å². The van der Waals surface area contributed by atoms with E-state index < -0.39 is 9.84 Å². The Labute approximate surface area is 194 Å². The number of nitrogens with one attached hydrogen (secondary N) is 1. The molecule has 3 aromatic rings. The number of hydrogen-bond acceptors (Lipinski definition) is 6. The summed E-state index contributed by atoms with van der Waals surface area (Å²) < 4.78 is 25.8. The third-order valence-electron chi connectivity index (χ3n) is 6.01. The van der Waals surface area contributed by atoms with Gasteiger partial charge in [0.15, 0.2) is 15.7 Å². The number of nitrogens with zero attached hydrogens (tertiary/aromatic N) is 4. The number of aryl methyl sites for hydroxylation is 2. The van der Waals surface area contributed by atoms with Crippen LogP contribution >= 0.6 is 0 Å². The smallest absolute Gasteiger partial charge is 0.253 e. The zero-order valence-corrected chi connectivity index (χ0v) is 20.0. The first kappa shape index (κ1) is 23.0. The first-order chi connectivity index (χ1) is 15.8. The van der Waals surface area contributed by atoms with Gasteiger partial charge in [-0.05, 0) is 69.2 Å². The molecule has 1 aromatic carbocycles. The van der Waals surface area contributed by atoms with Gasteiger partial charge in [0, 0.05) is 36.7 Å². The van der Waals surface area contributed by atoms with E-state index in [9.17, 15) is 13.2 Å². The molecule has 3 heterocycles. The number of rotatable bonds is 6. The van der Waals surface area contributed by atoms with E-state index in [1.807, 2.05) is 32.0 Å². The SMILES string of the molecule is CCS(=O)(=O)c1ccc(N2CCC(NC(=O)c3ccc(-n4nc(C)cc4C)nc3)CC2)cc1. The van der Waals surface area contributed by atoms with Crippen LogP contribution in [0.15, 0.2) is 53.6 Å². The fourth-order valence-corrected chi connectivity index (χ4v) is 4.97. The van der Waals surface area contributed by atoms with E-state index in [-0.39, 0.29) is 17.7 Å². The van der Waals surface area contributed by atoms with E-state index in [0.717, 1.165) is 43.0 Å². The summed E-state index contributed by atoms with van der Waals surface area (Å²) in [5, 5.41) is 7.53. The molecule has 1 N–H and O–H groups in total. The van der Waals surface area contributed by atoms with Gasteiger partial charge in [-0.15, -0.1) is 0 Å². The summed E-state index contributed by atoms with van der Waals surface area (Å²) in [5.41, 5.74) is 3.43. The summed E-state index contributed by atoms with van der Waals surface area (Å²) in [7, 11) is -3.19. The summed E-state index contributed by atoms with van der Waals surface area (Å²) in [5.74, 6) is 0.649. The topological polar surface area (TPSA) is 97.2 Å². The molecule has 8 nitrogen and oxygen atoms in total. The van der Waals surface area contributed by atoms with Crippen LogP contribution in [0.1, 0.15) is 41.5 Å². The van der Waals surface area contributed by atoms with Crippen LogP contribution in [0.3, 0.4) is 0 Å². The Kier molecular flexibility index (Phi) is 6.51. The second-order valence-corrected chi connectivity index (χ2v) is 10.7. The molecule has 9 heteroatoms. The van der Waals surface area contributed by atoms with Gasteiger partial charge >= 0.3 is 0 Å². The number of carbonyl (C=O) groups excluding carboxylic acids is 1. The lowest BCUT2D eigenvalue weighted by Crippen LogP contribution is -2.44. The van der Waals surface area contributed by atoms with Crippen molar-refractivity contribution >= 4 is 21.4 Å². The van der Waals surface area contributed by atoms with Gasteiger partial charge < -0.3 is 10.2 Å². The molecule has 0 saturated carbocycles. The predicted octanol–water partition coefficient (Wildman–Crippen LogP) is 3.08. The minimum absolute atomic E-state index is 0.0872. The van der Waals surface area contributed by atoms with Crippen LogP contribution in [0.4, 0.5) is 5.69 Å². The number of aromatic nitrogens is 3. The Bertz CT molecular complexity index is 1230. The van der Waals surface area contributed by atoms with E-state index in [1.165, 1.54) is 0 Å². The monoisotopic (exact) mass is 467 g/mol. The molecule has 0 spiro atoms. The molecule has 1 aliphatic rings. The molecule has 33 heavy (non-hydrogen) atoms. The van der Waals surface area contributed by atoms with Crippen LogP contribution in [-0.4, -0.2) is 54.0 Å². The maximum absolute atomic E-state index is 12.7. The summed E-state index contributed by atoms with van der Waals surface area (Å²) in [6.07, 6.45) is 3.22. The fraction of sp³-hybridized carbons (Fsp3) is 0.375. The third-order valence-corrected chi connectivity index (χ3v) is 7.76. The number of anilines is 1. The van der Waals surface area contributed by atoms with Gasteiger partial charge in [0.05, 0.1) is 21.9 Å². The zero-order chi connectivity index (χ0) is 23.6. The molecule has 0 radical (unpaired) electrons. The van der Waals surface area contributed by atoms with Gasteiger partial charge in [0.2, 0.25) is 0 Å². The number of carbonyl (C=O) groups is 1. The van der Waals surface area contributed by atoms with E-state index in [2.05, 4.69) is 20.3 Å². The van der Waals surface area contributed by atoms with Crippen LogP contribution in [0.5, 0.6) is 0 Å². The quantitative estimate of drug-likeness (QED) is 0.598. The molecular weight excluding hydrogens is 438 g/mol. The third kappa shape index (κ3) is 5.08. The number of hydrogen-bond donors (Lipinski definition) is 1. The molecule has 0 aliphatic carbocycles. The van der Waals surface area contributed by atoms with Crippen molar-refractivity contribution in [1.82, 2.24) is 20.1 Å². The van der Waals surface area contributed by atoms with Gasteiger partial charge in [-0.3, -0.25) is 4.79 Å². The molecular formula is C24H29N5O3S. The predicted molar refractivity (Wildman–Crippen MR) is 128 cm³/mol. The lowest BCUT2D eigenvalue weighted by Gasteiger charge is -2.34. The van der Waals surface area contributed by atoms with Crippen molar-refractivity contribution in [3.05, 3.63) is 65.6 Å². The molecule has 0 atom stereocenters. The zero-order valence-electron chi connectivity index (χ0n) is 19.2. The van der Waals surface area contributed by atoms with E-state index >= 15 is 0 Å². The summed E-state index contributed by atoms with van der Waals surface area (Å²) in [6.45, 7) is 7.13. The average Bonchev–Trinajstić information content (AvgIpc) is 3.17. The van der Waals surface area contributed by atoms with Crippen molar-refractivity contribution in [2.24, 2.45) is 0 Å². The summed E-state index contributed by atoms with van der Waals surface area (Å²) in [4.78, 5) is 19.7. The van der Waals surface area contributed by atoms with Crippen molar-refractivity contribution in [1.29, 1.82) is 0 Å². The highest BCUT2D eigenvalue weighted by atomic mass is 32.2. The number of benzene rings is 1. The highest BCUT2D eigenvalue weighted by molar-refractivity contribution is 7.91. The van der Waals surface area contributed by atoms with Gasteiger partial charge in [0.25, 0.3) is 5.91 Å². The summed E-state index contributed by atoms with van der Waals surface area (Å²) in [6, 6.07) is 12.7. The number of pyridine rings is 1. The second-order valence-electron chi connectivity index (χ2n) is 8.38. The van der Waals surface area contributed by atoms with Crippen LogP contribution in [0, 0.1) is 13.8 Å². The first-order valence-corrected chi connectivity index (χ1v) is 12.8. The Balaban J connectivity index is 1.32. The maximum atomic E-state index is 12.7. The summed E-state index contributed by atoms with van der Waals surface area (Å²) >= 11 is 0. The molecule has 1 aliphatic heterocycles. The van der Waals surface area contributed by atoms with Crippen molar-refractivity contribution in [3.8, 4) is 5.82 Å². The van der Waals surface area contributed by atoms with E-state index in [0.29, 0.717) is 16.3 Å². The lowest BCUT2D eigenvalue weighted by molar-refractivity contribution is 0.0930. The van der Waals surface area contributed by atoms with Gasteiger partial charge in [0.1, 0.15) is 0 Å². The van der Waals surface area contributed by atoms with E-state index in [1.54, 1.807) is 42.1 Å². The Morgan fingerprint density at radius 1 is 1.09 bits per heavy atom. The van der Waals surface area contributed by atoms with Crippen molar-refractivity contribution < 1.29 is 13.2 Å². The molecule has 2 aromatic heterocycles. The largest absolute Gasteiger partial charge is 0.371 e. The van der Waals surface area contributed by atoms with Crippen molar-refractivity contribution in [2.75, 3.05) is 23.7 Å². The van der Waals surface area contributed by atoms with E-state index in [4.69, 9.17) is 0 Å². The van der Waals surface area contributed by atoms with Crippen LogP contribution in [-0.2, 0) is 9.84 Å². The Morgan fingerprint density at radius 2 is 1.79 bits per heavy atom. The highest BCUT2D eigenvalue weighted by Gasteiger charge is 2.22. The first-order valence-electron chi connectivity index (χ1n) is 11.1. The van der Waals surface area contributed by atoms with Crippen LogP contribution in [0.25, 0.3) is 5.82 Å². The molecule has 0 unspecified atom stereocenters. The number of sulfone groups is 1. The molecule has 4 rings (SSSR count).